The van der Waals surface area contributed by atoms with E-state index in [1.807, 2.05) is 43.3 Å². The second-order valence-electron chi connectivity index (χ2n) is 5.15. The number of hydrogen-bond donors (Lipinski definition) is 1. The van der Waals surface area contributed by atoms with Gasteiger partial charge in [-0.05, 0) is 24.3 Å². The molecule has 1 amide bonds. The van der Waals surface area contributed by atoms with Crippen LogP contribution in [-0.2, 0) is 4.79 Å². The van der Waals surface area contributed by atoms with Crippen LogP contribution in [0.2, 0.25) is 0 Å². The van der Waals surface area contributed by atoms with Gasteiger partial charge in [-0.1, -0.05) is 12.1 Å². The quantitative estimate of drug-likeness (QED) is 0.938. The van der Waals surface area contributed by atoms with Gasteiger partial charge >= 0.3 is 0 Å². The molecule has 0 fully saturated rings. The fourth-order valence-electron chi connectivity index (χ4n) is 2.10. The number of anilines is 2. The van der Waals surface area contributed by atoms with Gasteiger partial charge in [-0.15, -0.1) is 0 Å². The normalized spacial score (nSPS) is 16.0. The lowest BCUT2D eigenvalue weighted by Crippen LogP contribution is -2.40. The number of amides is 1. The number of hydrogen-bond acceptors (Lipinski definition) is 5. The van der Waals surface area contributed by atoms with Gasteiger partial charge < -0.3 is 19.7 Å². The van der Waals surface area contributed by atoms with Crippen LogP contribution >= 0.6 is 0 Å². The maximum Gasteiger partial charge on any atom is 0.269 e. The number of nitrogens with one attached hydrogen (secondary N) is 1. The third-order valence-electron chi connectivity index (χ3n) is 3.27. The van der Waals surface area contributed by atoms with E-state index in [4.69, 9.17) is 9.47 Å². The predicted molar refractivity (Wildman–Crippen MR) is 83.5 cm³/mol. The van der Waals surface area contributed by atoms with Gasteiger partial charge in [0.1, 0.15) is 12.4 Å². The second kappa shape index (κ2) is 5.93. The minimum atomic E-state index is -0.677. The average Bonchev–Trinajstić information content (AvgIpc) is 2.55. The van der Waals surface area contributed by atoms with Crippen LogP contribution < -0.4 is 19.7 Å². The minimum absolute atomic E-state index is 0.187. The average molecular weight is 299 g/mol. The van der Waals surface area contributed by atoms with Crippen molar-refractivity contribution in [1.82, 2.24) is 4.98 Å². The number of carbonyl (C=O) groups excluding carboxylic acids is 1. The van der Waals surface area contributed by atoms with Crippen molar-refractivity contribution in [2.45, 2.75) is 6.10 Å². The molecule has 1 aliphatic rings. The van der Waals surface area contributed by atoms with Crippen LogP contribution in [0.25, 0.3) is 0 Å². The molecule has 0 bridgehead atoms. The molecule has 3 rings (SSSR count). The first kappa shape index (κ1) is 14.2. The number of ether oxygens (including phenoxy) is 2. The van der Waals surface area contributed by atoms with E-state index in [9.17, 15) is 4.79 Å². The first-order valence-electron chi connectivity index (χ1n) is 6.96. The van der Waals surface area contributed by atoms with Crippen molar-refractivity contribution in [2.75, 3.05) is 30.9 Å². The van der Waals surface area contributed by atoms with E-state index >= 15 is 0 Å². The molecule has 2 aromatic rings. The first-order valence-corrected chi connectivity index (χ1v) is 6.96. The smallest absolute Gasteiger partial charge is 0.269 e. The van der Waals surface area contributed by atoms with E-state index in [-0.39, 0.29) is 12.5 Å². The fourth-order valence-corrected chi connectivity index (χ4v) is 2.10. The van der Waals surface area contributed by atoms with Crippen molar-refractivity contribution in [3.63, 3.8) is 0 Å². The maximum atomic E-state index is 12.2. The summed E-state index contributed by atoms with van der Waals surface area (Å²) in [6, 6.07) is 10.9. The summed E-state index contributed by atoms with van der Waals surface area (Å²) in [7, 11) is 3.82. The molecular formula is C16H17N3O3. The number of aromatic nitrogens is 1. The number of pyridine rings is 1. The third-order valence-corrected chi connectivity index (χ3v) is 3.27. The Labute approximate surface area is 128 Å². The van der Waals surface area contributed by atoms with Crippen LogP contribution in [0.4, 0.5) is 11.5 Å². The van der Waals surface area contributed by atoms with E-state index in [2.05, 4.69) is 10.3 Å². The lowest BCUT2D eigenvalue weighted by molar-refractivity contribution is -0.125. The molecular weight excluding hydrogens is 282 g/mol. The Morgan fingerprint density at radius 2 is 2.00 bits per heavy atom. The summed E-state index contributed by atoms with van der Waals surface area (Å²) < 4.78 is 11.2. The number of rotatable bonds is 3. The molecule has 0 spiro atoms. The van der Waals surface area contributed by atoms with Gasteiger partial charge in [-0.3, -0.25) is 4.79 Å². The van der Waals surface area contributed by atoms with Gasteiger partial charge in [0.25, 0.3) is 5.91 Å². The molecule has 1 unspecified atom stereocenters. The van der Waals surface area contributed by atoms with Crippen LogP contribution in [0.3, 0.4) is 0 Å². The Balaban J connectivity index is 1.65. The molecule has 6 nitrogen and oxygen atoms in total. The summed E-state index contributed by atoms with van der Waals surface area (Å²) in [5.74, 6) is 1.80. The third kappa shape index (κ3) is 2.95. The van der Waals surface area contributed by atoms with Gasteiger partial charge in [0, 0.05) is 14.1 Å². The van der Waals surface area contributed by atoms with E-state index in [1.54, 1.807) is 18.3 Å². The molecule has 114 valence electrons. The molecule has 1 aliphatic heterocycles. The number of benzene rings is 1. The van der Waals surface area contributed by atoms with Gasteiger partial charge in [0.05, 0.1) is 11.9 Å². The van der Waals surface area contributed by atoms with E-state index in [0.29, 0.717) is 17.2 Å². The summed E-state index contributed by atoms with van der Waals surface area (Å²) in [6.07, 6.45) is 0.939. The highest BCUT2D eigenvalue weighted by atomic mass is 16.6. The Bertz CT molecular complexity index is 671. The summed E-state index contributed by atoms with van der Waals surface area (Å²) >= 11 is 0. The highest BCUT2D eigenvalue weighted by molar-refractivity contribution is 5.94. The van der Waals surface area contributed by atoms with Crippen LogP contribution in [-0.4, -0.2) is 37.7 Å². The summed E-state index contributed by atoms with van der Waals surface area (Å²) in [4.78, 5) is 18.4. The fraction of sp³-hybridized carbons (Fsp3) is 0.250. The van der Waals surface area contributed by atoms with Gasteiger partial charge in [0.15, 0.2) is 11.5 Å². The standard InChI is InChI=1S/C16H17N3O3/c1-19(2)15-8-7-11(9-17-15)18-16(20)14-10-21-12-5-3-4-6-13(12)22-14/h3-9,14H,10H2,1-2H3,(H,18,20). The van der Waals surface area contributed by atoms with Gasteiger partial charge in [-0.25, -0.2) is 4.98 Å². The van der Waals surface area contributed by atoms with Crippen LogP contribution in [0, 0.1) is 0 Å². The molecule has 0 aliphatic carbocycles. The zero-order valence-electron chi connectivity index (χ0n) is 12.4. The van der Waals surface area contributed by atoms with Crippen molar-refractivity contribution in [3.05, 3.63) is 42.6 Å². The van der Waals surface area contributed by atoms with Crippen molar-refractivity contribution >= 4 is 17.4 Å². The Morgan fingerprint density at radius 3 is 2.68 bits per heavy atom. The molecule has 1 aromatic carbocycles. The zero-order chi connectivity index (χ0) is 15.5. The monoisotopic (exact) mass is 299 g/mol. The molecule has 0 saturated heterocycles. The van der Waals surface area contributed by atoms with Crippen molar-refractivity contribution in [1.29, 1.82) is 0 Å². The van der Waals surface area contributed by atoms with Crippen LogP contribution in [0.1, 0.15) is 0 Å². The number of nitrogens with zero attached hydrogens (tertiary/aromatic N) is 2. The molecule has 6 heteroatoms. The molecule has 0 saturated carbocycles. The largest absolute Gasteiger partial charge is 0.485 e. The first-order chi connectivity index (χ1) is 10.6. The number of para-hydroxylation sites is 2. The highest BCUT2D eigenvalue weighted by Crippen LogP contribution is 2.31. The predicted octanol–water partition coefficient (Wildman–Crippen LogP) is 1.93. The Morgan fingerprint density at radius 1 is 1.23 bits per heavy atom. The molecule has 1 N–H and O–H groups in total. The Kier molecular flexibility index (Phi) is 3.82. The SMILES string of the molecule is CN(C)c1ccc(NC(=O)C2COc3ccccc3O2)cn1. The Hall–Kier alpha value is -2.76. The minimum Gasteiger partial charge on any atom is -0.485 e. The summed E-state index contributed by atoms with van der Waals surface area (Å²) in [5, 5.41) is 2.78. The number of carbonyl (C=O) groups is 1. The maximum absolute atomic E-state index is 12.2. The molecule has 22 heavy (non-hydrogen) atoms. The summed E-state index contributed by atoms with van der Waals surface area (Å²) in [6.45, 7) is 0.187. The lowest BCUT2D eigenvalue weighted by Gasteiger charge is -2.25. The molecule has 2 heterocycles. The topological polar surface area (TPSA) is 63.7 Å². The van der Waals surface area contributed by atoms with Crippen molar-refractivity contribution in [3.8, 4) is 11.5 Å². The van der Waals surface area contributed by atoms with Gasteiger partial charge in [0.2, 0.25) is 6.10 Å². The molecule has 0 radical (unpaired) electrons. The van der Waals surface area contributed by atoms with Gasteiger partial charge in [-0.2, -0.15) is 0 Å². The van der Waals surface area contributed by atoms with E-state index < -0.39 is 6.10 Å². The highest BCUT2D eigenvalue weighted by Gasteiger charge is 2.27. The lowest BCUT2D eigenvalue weighted by atomic mass is 10.2. The van der Waals surface area contributed by atoms with Crippen LogP contribution in [0.5, 0.6) is 11.5 Å². The molecule has 1 aromatic heterocycles. The summed E-state index contributed by atoms with van der Waals surface area (Å²) in [5.41, 5.74) is 0.623. The zero-order valence-corrected chi connectivity index (χ0v) is 12.4. The van der Waals surface area contributed by atoms with Crippen molar-refractivity contribution in [2.24, 2.45) is 0 Å². The number of fused-ring (bicyclic) bond motifs is 1. The van der Waals surface area contributed by atoms with E-state index in [1.165, 1.54) is 0 Å². The van der Waals surface area contributed by atoms with Crippen LogP contribution in [0.15, 0.2) is 42.6 Å². The van der Waals surface area contributed by atoms with E-state index in [0.717, 1.165) is 5.82 Å². The second-order valence-corrected chi connectivity index (χ2v) is 5.15. The van der Waals surface area contributed by atoms with Crippen molar-refractivity contribution < 1.29 is 14.3 Å². The molecule has 1 atom stereocenters.